The van der Waals surface area contributed by atoms with Crippen LogP contribution in [0.15, 0.2) is 41.0 Å². The van der Waals surface area contributed by atoms with E-state index in [0.29, 0.717) is 16.9 Å². The molecule has 0 aliphatic heterocycles. The molecule has 0 aliphatic rings. The van der Waals surface area contributed by atoms with E-state index in [0.717, 1.165) is 16.3 Å². The number of nitrogen functional groups attached to an aromatic ring is 1. The first-order valence-corrected chi connectivity index (χ1v) is 5.46. The summed E-state index contributed by atoms with van der Waals surface area (Å²) in [6.07, 6.45) is 2.44. The first kappa shape index (κ1) is 10.8. The molecule has 16 heavy (non-hydrogen) atoms. The van der Waals surface area contributed by atoms with Gasteiger partial charge in [-0.3, -0.25) is 9.78 Å². The van der Waals surface area contributed by atoms with E-state index in [9.17, 15) is 4.79 Å². The molecule has 0 saturated heterocycles. The van der Waals surface area contributed by atoms with Crippen LogP contribution in [0.2, 0.25) is 0 Å². The highest BCUT2D eigenvalue weighted by atomic mass is 79.9. The average molecular weight is 277 g/mol. The van der Waals surface area contributed by atoms with E-state index >= 15 is 0 Å². The summed E-state index contributed by atoms with van der Waals surface area (Å²) in [6.45, 7) is 0. The van der Waals surface area contributed by atoms with E-state index in [1.807, 2.05) is 6.07 Å². The Morgan fingerprint density at radius 3 is 2.81 bits per heavy atom. The number of aromatic nitrogens is 1. The van der Waals surface area contributed by atoms with Gasteiger partial charge in [0.1, 0.15) is 0 Å². The summed E-state index contributed by atoms with van der Waals surface area (Å²) >= 11 is 3.36. The molecular weight excluding hydrogens is 268 g/mol. The summed E-state index contributed by atoms with van der Waals surface area (Å²) < 4.78 is 0.866. The van der Waals surface area contributed by atoms with Gasteiger partial charge in [-0.05, 0) is 30.3 Å². The lowest BCUT2D eigenvalue weighted by molar-refractivity contribution is 0.112. The van der Waals surface area contributed by atoms with Gasteiger partial charge in [-0.1, -0.05) is 15.9 Å². The third-order valence-corrected chi connectivity index (χ3v) is 2.62. The number of pyridine rings is 1. The van der Waals surface area contributed by atoms with Crippen LogP contribution >= 0.6 is 15.9 Å². The number of hydrogen-bond donors (Lipinski definition) is 1. The second-order valence-corrected chi connectivity index (χ2v) is 4.25. The fourth-order valence-corrected chi connectivity index (χ4v) is 2.01. The van der Waals surface area contributed by atoms with Crippen molar-refractivity contribution in [1.82, 2.24) is 4.98 Å². The molecule has 0 atom stereocenters. The van der Waals surface area contributed by atoms with Crippen molar-refractivity contribution >= 4 is 27.9 Å². The lowest BCUT2D eigenvalue weighted by Gasteiger charge is -2.05. The SMILES string of the molecule is Nc1cc(Br)cc(-c2ncccc2C=O)c1. The zero-order valence-corrected chi connectivity index (χ0v) is 9.94. The highest BCUT2D eigenvalue weighted by Gasteiger charge is 2.06. The van der Waals surface area contributed by atoms with Crippen LogP contribution in [0.5, 0.6) is 0 Å². The summed E-state index contributed by atoms with van der Waals surface area (Å²) in [7, 11) is 0. The Morgan fingerprint density at radius 1 is 1.31 bits per heavy atom. The normalized spacial score (nSPS) is 10.1. The topological polar surface area (TPSA) is 56.0 Å². The predicted octanol–water partition coefficient (Wildman–Crippen LogP) is 2.91. The third-order valence-electron chi connectivity index (χ3n) is 2.16. The smallest absolute Gasteiger partial charge is 0.152 e. The van der Waals surface area contributed by atoms with E-state index in [-0.39, 0.29) is 0 Å². The molecule has 3 nitrogen and oxygen atoms in total. The van der Waals surface area contributed by atoms with E-state index in [1.165, 1.54) is 0 Å². The minimum Gasteiger partial charge on any atom is -0.399 e. The van der Waals surface area contributed by atoms with Crippen LogP contribution in [0, 0.1) is 0 Å². The van der Waals surface area contributed by atoms with Gasteiger partial charge in [-0.15, -0.1) is 0 Å². The van der Waals surface area contributed by atoms with Crippen LogP contribution in [0.1, 0.15) is 10.4 Å². The monoisotopic (exact) mass is 276 g/mol. The van der Waals surface area contributed by atoms with Gasteiger partial charge in [-0.25, -0.2) is 0 Å². The van der Waals surface area contributed by atoms with Crippen molar-refractivity contribution in [3.05, 3.63) is 46.6 Å². The quantitative estimate of drug-likeness (QED) is 0.678. The molecule has 1 aromatic heterocycles. The molecule has 0 saturated carbocycles. The Morgan fingerprint density at radius 2 is 2.12 bits per heavy atom. The van der Waals surface area contributed by atoms with Gasteiger partial charge in [0.05, 0.1) is 5.69 Å². The van der Waals surface area contributed by atoms with Crippen molar-refractivity contribution in [1.29, 1.82) is 0 Å². The van der Waals surface area contributed by atoms with Gasteiger partial charge < -0.3 is 5.73 Å². The summed E-state index contributed by atoms with van der Waals surface area (Å²) in [5, 5.41) is 0. The van der Waals surface area contributed by atoms with Crippen molar-refractivity contribution < 1.29 is 4.79 Å². The van der Waals surface area contributed by atoms with Crippen molar-refractivity contribution in [2.75, 3.05) is 5.73 Å². The number of carbonyl (C=O) groups excluding carboxylic acids is 1. The van der Waals surface area contributed by atoms with Crippen LogP contribution in [0.25, 0.3) is 11.3 Å². The molecule has 80 valence electrons. The number of nitrogens with two attached hydrogens (primary N) is 1. The number of aldehydes is 1. The first-order valence-electron chi connectivity index (χ1n) is 4.67. The number of halogens is 1. The van der Waals surface area contributed by atoms with E-state index in [2.05, 4.69) is 20.9 Å². The maximum atomic E-state index is 10.9. The lowest BCUT2D eigenvalue weighted by atomic mass is 10.1. The number of carbonyl (C=O) groups is 1. The zero-order chi connectivity index (χ0) is 11.5. The van der Waals surface area contributed by atoms with Crippen LogP contribution in [0.4, 0.5) is 5.69 Å². The molecule has 2 aromatic rings. The van der Waals surface area contributed by atoms with Gasteiger partial charge >= 0.3 is 0 Å². The summed E-state index contributed by atoms with van der Waals surface area (Å²) in [5.41, 5.74) is 8.40. The van der Waals surface area contributed by atoms with E-state index in [4.69, 9.17) is 5.73 Å². The van der Waals surface area contributed by atoms with Crippen molar-refractivity contribution in [2.24, 2.45) is 0 Å². The van der Waals surface area contributed by atoms with Crippen LogP contribution in [-0.4, -0.2) is 11.3 Å². The van der Waals surface area contributed by atoms with Crippen molar-refractivity contribution in [2.45, 2.75) is 0 Å². The minimum absolute atomic E-state index is 0.556. The maximum Gasteiger partial charge on any atom is 0.152 e. The Kier molecular flexibility index (Phi) is 3.01. The highest BCUT2D eigenvalue weighted by molar-refractivity contribution is 9.10. The Balaban J connectivity index is 2.62. The molecule has 0 fully saturated rings. The Bertz CT molecular complexity index is 520. The zero-order valence-electron chi connectivity index (χ0n) is 8.35. The number of anilines is 1. The number of benzene rings is 1. The molecule has 2 N–H and O–H groups in total. The second kappa shape index (κ2) is 4.45. The molecule has 4 heteroatoms. The van der Waals surface area contributed by atoms with Crippen LogP contribution in [0.3, 0.4) is 0 Å². The molecule has 0 spiro atoms. The molecule has 1 aromatic carbocycles. The number of nitrogens with zero attached hydrogens (tertiary/aromatic N) is 1. The van der Waals surface area contributed by atoms with Crippen LogP contribution < -0.4 is 5.73 Å². The van der Waals surface area contributed by atoms with Crippen molar-refractivity contribution in [3.63, 3.8) is 0 Å². The average Bonchev–Trinajstić information content (AvgIpc) is 2.27. The predicted molar refractivity (Wildman–Crippen MR) is 67.2 cm³/mol. The standard InChI is InChI=1S/C12H9BrN2O/c13-10-4-9(5-11(14)6-10)12-8(7-16)2-1-3-15-12/h1-7H,14H2. The second-order valence-electron chi connectivity index (χ2n) is 3.33. The Labute approximate surface area is 101 Å². The highest BCUT2D eigenvalue weighted by Crippen LogP contribution is 2.26. The molecule has 0 amide bonds. The summed E-state index contributed by atoms with van der Waals surface area (Å²) in [6, 6.07) is 8.93. The van der Waals surface area contributed by atoms with Gasteiger partial charge in [0, 0.05) is 27.5 Å². The number of rotatable bonds is 2. The van der Waals surface area contributed by atoms with Crippen molar-refractivity contribution in [3.8, 4) is 11.3 Å². The largest absolute Gasteiger partial charge is 0.399 e. The Hall–Kier alpha value is -1.68. The fourth-order valence-electron chi connectivity index (χ4n) is 1.50. The molecular formula is C12H9BrN2O. The maximum absolute atomic E-state index is 10.9. The lowest BCUT2D eigenvalue weighted by Crippen LogP contribution is -1.92. The molecule has 1 heterocycles. The molecule has 0 bridgehead atoms. The summed E-state index contributed by atoms with van der Waals surface area (Å²) in [5.74, 6) is 0. The molecule has 0 radical (unpaired) electrons. The van der Waals surface area contributed by atoms with Crippen LogP contribution in [-0.2, 0) is 0 Å². The number of hydrogen-bond acceptors (Lipinski definition) is 3. The van der Waals surface area contributed by atoms with E-state index < -0.39 is 0 Å². The minimum atomic E-state index is 0.556. The molecule has 0 aliphatic carbocycles. The molecule has 0 unspecified atom stereocenters. The van der Waals surface area contributed by atoms with Gasteiger partial charge in [0.25, 0.3) is 0 Å². The summed E-state index contributed by atoms with van der Waals surface area (Å²) in [4.78, 5) is 15.1. The van der Waals surface area contributed by atoms with Gasteiger partial charge in [0.15, 0.2) is 6.29 Å². The molecule has 2 rings (SSSR count). The fraction of sp³-hybridized carbons (Fsp3) is 0. The first-order chi connectivity index (χ1) is 7.70. The third kappa shape index (κ3) is 2.12. The van der Waals surface area contributed by atoms with Gasteiger partial charge in [-0.2, -0.15) is 0 Å². The van der Waals surface area contributed by atoms with E-state index in [1.54, 1.807) is 30.5 Å². The van der Waals surface area contributed by atoms with Gasteiger partial charge in [0.2, 0.25) is 0 Å².